The van der Waals surface area contributed by atoms with Gasteiger partial charge < -0.3 is 9.47 Å². The molecule has 38 heavy (non-hydrogen) atoms. The lowest BCUT2D eigenvalue weighted by Crippen LogP contribution is -2.37. The van der Waals surface area contributed by atoms with Gasteiger partial charge in [0.05, 0.1) is 18.2 Å². The molecule has 1 heterocycles. The predicted octanol–water partition coefficient (Wildman–Crippen LogP) is 5.80. The Kier molecular flexibility index (Phi) is 8.73. The highest BCUT2D eigenvalue weighted by atomic mass is 35.5. The third kappa shape index (κ3) is 6.47. The molecule has 0 amide bonds. The number of nitro groups is 1. The van der Waals surface area contributed by atoms with Crippen molar-refractivity contribution in [1.29, 1.82) is 0 Å². The standard InChI is InChI=1S/C28H29ClN2O7/c1-6-28(3,4)38-27(34)24(13-18-7-10-20(11-8-18)31(35)36)30-16-25(37-5)23(15-26(30)33)22-14-19(29)9-12-21(22)17(2)32/h7-12,14-16,24H,6,13H2,1-5H3. The first-order chi connectivity index (χ1) is 17.9. The lowest BCUT2D eigenvalue weighted by Gasteiger charge is -2.28. The highest BCUT2D eigenvalue weighted by molar-refractivity contribution is 6.31. The second kappa shape index (κ2) is 11.6. The van der Waals surface area contributed by atoms with Gasteiger partial charge in [-0.25, -0.2) is 4.79 Å². The monoisotopic (exact) mass is 540 g/mol. The van der Waals surface area contributed by atoms with Crippen LogP contribution in [0.15, 0.2) is 59.5 Å². The first-order valence-electron chi connectivity index (χ1n) is 11.9. The second-order valence-electron chi connectivity index (χ2n) is 9.42. The van der Waals surface area contributed by atoms with E-state index in [0.717, 1.165) is 0 Å². The van der Waals surface area contributed by atoms with Crippen molar-refractivity contribution in [2.75, 3.05) is 7.11 Å². The quantitative estimate of drug-likeness (QED) is 0.138. The van der Waals surface area contributed by atoms with Gasteiger partial charge in [-0.2, -0.15) is 0 Å². The Balaban J connectivity index is 2.15. The minimum atomic E-state index is -1.09. The van der Waals surface area contributed by atoms with Crippen molar-refractivity contribution in [3.63, 3.8) is 0 Å². The number of ether oxygens (including phenoxy) is 2. The van der Waals surface area contributed by atoms with E-state index in [9.17, 15) is 24.5 Å². The van der Waals surface area contributed by atoms with Gasteiger partial charge in [-0.05, 0) is 56.5 Å². The molecular weight excluding hydrogens is 512 g/mol. The molecule has 0 bridgehead atoms. The van der Waals surface area contributed by atoms with E-state index in [1.165, 1.54) is 55.1 Å². The average Bonchev–Trinajstić information content (AvgIpc) is 2.87. The van der Waals surface area contributed by atoms with Crippen molar-refractivity contribution in [2.45, 2.75) is 52.2 Å². The molecule has 9 nitrogen and oxygen atoms in total. The number of hydrogen-bond acceptors (Lipinski definition) is 7. The summed E-state index contributed by atoms with van der Waals surface area (Å²) in [7, 11) is 1.41. The molecule has 0 N–H and O–H groups in total. The van der Waals surface area contributed by atoms with E-state index >= 15 is 0 Å². The van der Waals surface area contributed by atoms with Crippen LogP contribution in [0, 0.1) is 10.1 Å². The molecule has 3 rings (SSSR count). The highest BCUT2D eigenvalue weighted by Gasteiger charge is 2.30. The summed E-state index contributed by atoms with van der Waals surface area (Å²) < 4.78 is 12.5. The molecule has 0 spiro atoms. The first-order valence-corrected chi connectivity index (χ1v) is 12.3. The summed E-state index contributed by atoms with van der Waals surface area (Å²) in [5.74, 6) is -0.616. The van der Waals surface area contributed by atoms with Crippen molar-refractivity contribution in [1.82, 2.24) is 4.57 Å². The number of ketones is 1. The van der Waals surface area contributed by atoms with Gasteiger partial charge in [0.1, 0.15) is 17.4 Å². The van der Waals surface area contributed by atoms with Gasteiger partial charge in [0.25, 0.3) is 11.2 Å². The third-order valence-electron chi connectivity index (χ3n) is 6.33. The maximum atomic E-state index is 13.5. The Morgan fingerprint density at radius 2 is 1.76 bits per heavy atom. The van der Waals surface area contributed by atoms with E-state index in [4.69, 9.17) is 21.1 Å². The number of nitro benzene ring substituents is 1. The van der Waals surface area contributed by atoms with Crippen molar-refractivity contribution in [3.05, 3.63) is 91.3 Å². The molecule has 2 aromatic carbocycles. The van der Waals surface area contributed by atoms with Crippen LogP contribution in [0.25, 0.3) is 11.1 Å². The number of benzene rings is 2. The van der Waals surface area contributed by atoms with E-state index < -0.39 is 28.1 Å². The van der Waals surface area contributed by atoms with Gasteiger partial charge in [-0.3, -0.25) is 24.3 Å². The van der Waals surface area contributed by atoms with Crippen LogP contribution < -0.4 is 10.3 Å². The molecule has 0 aliphatic carbocycles. The zero-order chi connectivity index (χ0) is 28.2. The fourth-order valence-electron chi connectivity index (χ4n) is 3.88. The molecular formula is C28H29ClN2O7. The van der Waals surface area contributed by atoms with Crippen LogP contribution in [0.3, 0.4) is 0 Å². The lowest BCUT2D eigenvalue weighted by molar-refractivity contribution is -0.384. The maximum absolute atomic E-state index is 13.5. The SMILES string of the molecule is CCC(C)(C)OC(=O)C(Cc1ccc([N+](=O)[O-])cc1)n1cc(OC)c(-c2cc(Cl)ccc2C(C)=O)cc1=O. The first kappa shape index (κ1) is 28.6. The van der Waals surface area contributed by atoms with Crippen LogP contribution in [0.1, 0.15) is 56.1 Å². The van der Waals surface area contributed by atoms with Crippen molar-refractivity contribution in [2.24, 2.45) is 0 Å². The van der Waals surface area contributed by atoms with Crippen LogP contribution in [0.5, 0.6) is 5.75 Å². The number of aromatic nitrogens is 1. The van der Waals surface area contributed by atoms with Crippen molar-refractivity contribution < 1.29 is 24.0 Å². The Hall–Kier alpha value is -3.98. The number of halogens is 1. The zero-order valence-corrected chi connectivity index (χ0v) is 22.6. The molecule has 0 saturated carbocycles. The van der Waals surface area contributed by atoms with Crippen LogP contribution in [-0.4, -0.2) is 34.0 Å². The van der Waals surface area contributed by atoms with E-state index in [1.807, 2.05) is 6.92 Å². The number of pyridine rings is 1. The number of carbonyl (C=O) groups excluding carboxylic acids is 2. The summed E-state index contributed by atoms with van der Waals surface area (Å²) in [6, 6.07) is 10.7. The van der Waals surface area contributed by atoms with Crippen LogP contribution in [0.4, 0.5) is 5.69 Å². The molecule has 1 aromatic heterocycles. The highest BCUT2D eigenvalue weighted by Crippen LogP contribution is 2.34. The summed E-state index contributed by atoms with van der Waals surface area (Å²) in [4.78, 5) is 49.6. The van der Waals surface area contributed by atoms with Crippen LogP contribution in [0.2, 0.25) is 5.02 Å². The second-order valence-corrected chi connectivity index (χ2v) is 9.86. The molecule has 3 aromatic rings. The minimum Gasteiger partial charge on any atom is -0.495 e. The van der Waals surface area contributed by atoms with Gasteiger partial charge >= 0.3 is 5.97 Å². The van der Waals surface area contributed by atoms with Crippen LogP contribution >= 0.6 is 11.6 Å². The Morgan fingerprint density at radius 3 is 2.32 bits per heavy atom. The zero-order valence-electron chi connectivity index (χ0n) is 21.8. The van der Waals surface area contributed by atoms with Crippen molar-refractivity contribution in [3.8, 4) is 16.9 Å². The van der Waals surface area contributed by atoms with E-state index in [-0.39, 0.29) is 23.6 Å². The fourth-order valence-corrected chi connectivity index (χ4v) is 4.05. The molecule has 10 heteroatoms. The maximum Gasteiger partial charge on any atom is 0.330 e. The lowest BCUT2D eigenvalue weighted by atomic mass is 9.97. The number of carbonyl (C=O) groups is 2. The Bertz CT molecular complexity index is 1430. The topological polar surface area (TPSA) is 118 Å². The van der Waals surface area contributed by atoms with Crippen molar-refractivity contribution >= 4 is 29.0 Å². The fraction of sp³-hybridized carbons (Fsp3) is 0.321. The number of non-ortho nitro benzene ring substituents is 1. The smallest absolute Gasteiger partial charge is 0.330 e. The van der Waals surface area contributed by atoms with Gasteiger partial charge in [0, 0.05) is 40.8 Å². The molecule has 0 radical (unpaired) electrons. The molecule has 1 atom stereocenters. The summed E-state index contributed by atoms with van der Waals surface area (Å²) in [6.07, 6.45) is 1.98. The molecule has 1 unspecified atom stereocenters. The largest absolute Gasteiger partial charge is 0.495 e. The molecule has 200 valence electrons. The number of esters is 1. The predicted molar refractivity (Wildman–Crippen MR) is 144 cm³/mol. The number of rotatable bonds is 10. The van der Waals surface area contributed by atoms with Gasteiger partial charge in [0.15, 0.2) is 5.78 Å². The normalized spacial score (nSPS) is 12.1. The van der Waals surface area contributed by atoms with Gasteiger partial charge in [-0.1, -0.05) is 30.7 Å². The van der Waals surface area contributed by atoms with Crippen LogP contribution in [-0.2, 0) is 16.0 Å². The molecule has 0 fully saturated rings. The Morgan fingerprint density at radius 1 is 1.11 bits per heavy atom. The average molecular weight is 541 g/mol. The number of hydrogen-bond donors (Lipinski definition) is 0. The molecule has 0 aliphatic rings. The van der Waals surface area contributed by atoms with E-state index in [1.54, 1.807) is 32.0 Å². The third-order valence-corrected chi connectivity index (χ3v) is 6.56. The number of methoxy groups -OCH3 is 1. The number of nitrogens with zero attached hydrogens (tertiary/aromatic N) is 2. The van der Waals surface area contributed by atoms with E-state index in [2.05, 4.69) is 0 Å². The van der Waals surface area contributed by atoms with Gasteiger partial charge in [-0.15, -0.1) is 0 Å². The summed E-state index contributed by atoms with van der Waals surface area (Å²) >= 11 is 6.19. The van der Waals surface area contributed by atoms with Gasteiger partial charge in [0.2, 0.25) is 0 Å². The summed E-state index contributed by atoms with van der Waals surface area (Å²) in [5, 5.41) is 11.4. The molecule has 0 aliphatic heterocycles. The van der Waals surface area contributed by atoms with E-state index in [0.29, 0.717) is 33.7 Å². The summed E-state index contributed by atoms with van der Waals surface area (Å²) in [6.45, 7) is 6.82. The number of Topliss-reactive ketones (excluding diaryl/α,β-unsaturated/α-hetero) is 1. The molecule has 0 saturated heterocycles. The Labute approximate surface area is 225 Å². The summed E-state index contributed by atoms with van der Waals surface area (Å²) in [5.41, 5.74) is 0.312. The minimum absolute atomic E-state index is 0.0366.